The second-order valence-electron chi connectivity index (χ2n) is 6.64. The Kier molecular flexibility index (Phi) is 5.34. The lowest BCUT2D eigenvalue weighted by molar-refractivity contribution is 0.0645. The molecule has 4 heteroatoms. The summed E-state index contributed by atoms with van der Waals surface area (Å²) < 4.78 is 5.26. The molecule has 0 saturated carbocycles. The van der Waals surface area contributed by atoms with Gasteiger partial charge in [0.1, 0.15) is 0 Å². The summed E-state index contributed by atoms with van der Waals surface area (Å²) in [4.78, 5) is 17.8. The lowest BCUT2D eigenvalue weighted by Crippen LogP contribution is -2.48. The van der Waals surface area contributed by atoms with Gasteiger partial charge in [0.05, 0.1) is 6.61 Å². The van der Waals surface area contributed by atoms with Gasteiger partial charge in [0.2, 0.25) is 0 Å². The van der Waals surface area contributed by atoms with Crippen molar-refractivity contribution in [3.8, 4) is 0 Å². The number of amides is 1. The van der Waals surface area contributed by atoms with Gasteiger partial charge in [-0.05, 0) is 50.4 Å². The highest BCUT2D eigenvalue weighted by Gasteiger charge is 2.39. The Morgan fingerprint density at radius 2 is 1.91 bits per heavy atom. The molecule has 0 radical (unpaired) electrons. The van der Waals surface area contributed by atoms with E-state index in [0.29, 0.717) is 18.7 Å². The predicted octanol–water partition coefficient (Wildman–Crippen LogP) is 2.92. The van der Waals surface area contributed by atoms with Gasteiger partial charge >= 0.3 is 0 Å². The maximum atomic E-state index is 13.2. The largest absolute Gasteiger partial charge is 0.380 e. The molecule has 2 fully saturated rings. The number of carbonyl (C=O) groups is 1. The van der Waals surface area contributed by atoms with Crippen molar-refractivity contribution in [1.29, 1.82) is 0 Å². The standard InChI is InChI=1S/C19H28N2O2/c1-3-20-12-6-10-17(20)18-11-7-13-21(18)19(22)16-9-5-4-8-15(16)14-23-2/h4-5,8-9,17-18H,3,6-7,10-14H2,1-2H3/t17-,18-/m0/s1. The van der Waals surface area contributed by atoms with Crippen LogP contribution >= 0.6 is 0 Å². The van der Waals surface area contributed by atoms with Crippen molar-refractivity contribution in [1.82, 2.24) is 9.80 Å². The molecule has 23 heavy (non-hydrogen) atoms. The van der Waals surface area contributed by atoms with E-state index in [2.05, 4.69) is 16.7 Å². The van der Waals surface area contributed by atoms with Gasteiger partial charge < -0.3 is 9.64 Å². The number of ether oxygens (including phenoxy) is 1. The Morgan fingerprint density at radius 1 is 1.17 bits per heavy atom. The summed E-state index contributed by atoms with van der Waals surface area (Å²) in [6.45, 7) is 5.88. The molecule has 1 amide bonds. The number of likely N-dealkylation sites (tertiary alicyclic amines) is 2. The highest BCUT2D eigenvalue weighted by atomic mass is 16.5. The Morgan fingerprint density at radius 3 is 2.70 bits per heavy atom. The normalized spacial score (nSPS) is 25.2. The summed E-state index contributed by atoms with van der Waals surface area (Å²) in [5.41, 5.74) is 1.80. The topological polar surface area (TPSA) is 32.8 Å². The van der Waals surface area contributed by atoms with Crippen LogP contribution < -0.4 is 0 Å². The lowest BCUT2D eigenvalue weighted by Gasteiger charge is -2.35. The van der Waals surface area contributed by atoms with Gasteiger partial charge in [-0.25, -0.2) is 0 Å². The molecule has 2 aliphatic heterocycles. The van der Waals surface area contributed by atoms with Crippen LogP contribution in [0, 0.1) is 0 Å². The molecular weight excluding hydrogens is 288 g/mol. The zero-order chi connectivity index (χ0) is 16.2. The molecule has 2 atom stereocenters. The molecule has 1 aromatic carbocycles. The van der Waals surface area contributed by atoms with Crippen LogP contribution in [0.25, 0.3) is 0 Å². The molecule has 126 valence electrons. The second-order valence-corrected chi connectivity index (χ2v) is 6.64. The highest BCUT2D eigenvalue weighted by molar-refractivity contribution is 5.96. The van der Waals surface area contributed by atoms with Crippen LogP contribution in [0.3, 0.4) is 0 Å². The molecule has 2 aliphatic rings. The quantitative estimate of drug-likeness (QED) is 0.837. The van der Waals surface area contributed by atoms with Crippen LogP contribution in [-0.2, 0) is 11.3 Å². The Hall–Kier alpha value is -1.39. The molecule has 0 spiro atoms. The van der Waals surface area contributed by atoms with E-state index in [0.717, 1.165) is 37.1 Å². The van der Waals surface area contributed by atoms with Crippen LogP contribution in [0.2, 0.25) is 0 Å². The fourth-order valence-electron chi connectivity index (χ4n) is 4.29. The fraction of sp³-hybridized carbons (Fsp3) is 0.632. The Bertz CT molecular complexity index is 546. The van der Waals surface area contributed by atoms with Gasteiger partial charge in [-0.2, -0.15) is 0 Å². The highest BCUT2D eigenvalue weighted by Crippen LogP contribution is 2.31. The lowest BCUT2D eigenvalue weighted by atomic mass is 10.0. The third-order valence-corrected chi connectivity index (χ3v) is 5.37. The summed E-state index contributed by atoms with van der Waals surface area (Å²) in [6.07, 6.45) is 4.75. The van der Waals surface area contributed by atoms with Crippen molar-refractivity contribution in [3.05, 3.63) is 35.4 Å². The smallest absolute Gasteiger partial charge is 0.254 e. The first-order valence-electron chi connectivity index (χ1n) is 8.88. The van der Waals surface area contributed by atoms with E-state index in [9.17, 15) is 4.79 Å². The van der Waals surface area contributed by atoms with Gasteiger partial charge in [-0.1, -0.05) is 25.1 Å². The Balaban J connectivity index is 1.81. The van der Waals surface area contributed by atoms with Crippen LogP contribution in [-0.4, -0.2) is 54.5 Å². The first-order chi connectivity index (χ1) is 11.3. The van der Waals surface area contributed by atoms with E-state index in [1.807, 2.05) is 24.3 Å². The minimum absolute atomic E-state index is 0.183. The average molecular weight is 316 g/mol. The molecule has 0 aliphatic carbocycles. The number of nitrogens with zero attached hydrogens (tertiary/aromatic N) is 2. The van der Waals surface area contributed by atoms with Gasteiger partial charge in [0.25, 0.3) is 5.91 Å². The van der Waals surface area contributed by atoms with Gasteiger partial charge in [-0.15, -0.1) is 0 Å². The minimum atomic E-state index is 0.183. The maximum absolute atomic E-state index is 13.2. The average Bonchev–Trinajstić information content (AvgIpc) is 3.23. The number of methoxy groups -OCH3 is 1. The van der Waals surface area contributed by atoms with E-state index in [-0.39, 0.29) is 5.91 Å². The van der Waals surface area contributed by atoms with E-state index < -0.39 is 0 Å². The SMILES string of the molecule is CCN1CCC[C@H]1[C@@H]1CCCN1C(=O)c1ccccc1COC. The molecule has 0 unspecified atom stereocenters. The second kappa shape index (κ2) is 7.45. The fourth-order valence-corrected chi connectivity index (χ4v) is 4.29. The van der Waals surface area contributed by atoms with Crippen LogP contribution in [0.5, 0.6) is 0 Å². The number of carbonyl (C=O) groups excluding carboxylic acids is 1. The molecule has 0 aromatic heterocycles. The van der Waals surface area contributed by atoms with Gasteiger partial charge in [0, 0.05) is 31.3 Å². The minimum Gasteiger partial charge on any atom is -0.380 e. The molecule has 2 heterocycles. The van der Waals surface area contributed by atoms with E-state index in [4.69, 9.17) is 4.74 Å². The molecule has 2 saturated heterocycles. The molecule has 3 rings (SSSR count). The molecule has 0 N–H and O–H groups in total. The van der Waals surface area contributed by atoms with Crippen LogP contribution in [0.4, 0.5) is 0 Å². The summed E-state index contributed by atoms with van der Waals surface area (Å²) in [6, 6.07) is 8.78. The van der Waals surface area contributed by atoms with E-state index >= 15 is 0 Å². The van der Waals surface area contributed by atoms with Crippen molar-refractivity contribution < 1.29 is 9.53 Å². The van der Waals surface area contributed by atoms with E-state index in [1.54, 1.807) is 7.11 Å². The van der Waals surface area contributed by atoms with Crippen molar-refractivity contribution in [2.45, 2.75) is 51.3 Å². The van der Waals surface area contributed by atoms with Crippen LogP contribution in [0.1, 0.15) is 48.5 Å². The molecule has 4 nitrogen and oxygen atoms in total. The third kappa shape index (κ3) is 3.29. The van der Waals surface area contributed by atoms with Gasteiger partial charge in [0.15, 0.2) is 0 Å². The first-order valence-corrected chi connectivity index (χ1v) is 8.88. The molecular formula is C19H28N2O2. The van der Waals surface area contributed by atoms with Crippen molar-refractivity contribution in [2.75, 3.05) is 26.7 Å². The maximum Gasteiger partial charge on any atom is 0.254 e. The number of hydrogen-bond acceptors (Lipinski definition) is 3. The van der Waals surface area contributed by atoms with Gasteiger partial charge in [-0.3, -0.25) is 9.69 Å². The van der Waals surface area contributed by atoms with Crippen molar-refractivity contribution >= 4 is 5.91 Å². The Labute approximate surface area is 139 Å². The zero-order valence-electron chi connectivity index (χ0n) is 14.3. The number of rotatable bonds is 5. The summed E-state index contributed by atoms with van der Waals surface area (Å²) in [5, 5.41) is 0. The number of hydrogen-bond donors (Lipinski definition) is 0. The van der Waals surface area contributed by atoms with E-state index in [1.165, 1.54) is 19.4 Å². The van der Waals surface area contributed by atoms with Crippen molar-refractivity contribution in [2.24, 2.45) is 0 Å². The number of benzene rings is 1. The van der Waals surface area contributed by atoms with Crippen molar-refractivity contribution in [3.63, 3.8) is 0 Å². The predicted molar refractivity (Wildman–Crippen MR) is 91.5 cm³/mol. The first kappa shape index (κ1) is 16.5. The summed E-state index contributed by atoms with van der Waals surface area (Å²) >= 11 is 0. The van der Waals surface area contributed by atoms with Crippen LogP contribution in [0.15, 0.2) is 24.3 Å². The molecule has 1 aromatic rings. The third-order valence-electron chi connectivity index (χ3n) is 5.37. The summed E-state index contributed by atoms with van der Waals surface area (Å²) in [5.74, 6) is 0.183. The molecule has 0 bridgehead atoms. The summed E-state index contributed by atoms with van der Waals surface area (Å²) in [7, 11) is 1.68. The zero-order valence-corrected chi connectivity index (χ0v) is 14.3. The number of likely N-dealkylation sites (N-methyl/N-ethyl adjacent to an activating group) is 1. The monoisotopic (exact) mass is 316 g/mol.